The van der Waals surface area contributed by atoms with Crippen molar-refractivity contribution in [3.8, 4) is 0 Å². The molecule has 1 fully saturated rings. The van der Waals surface area contributed by atoms with Gasteiger partial charge in [-0.1, -0.05) is 0 Å². The zero-order chi connectivity index (χ0) is 18.7. The van der Waals surface area contributed by atoms with Crippen molar-refractivity contribution < 1.29 is 31.6 Å². The molecule has 0 aliphatic carbocycles. The predicted molar refractivity (Wildman–Crippen MR) is 90.0 cm³/mol. The van der Waals surface area contributed by atoms with Gasteiger partial charge in [0.25, 0.3) is 5.91 Å². The molecule has 0 bridgehead atoms. The second-order valence-corrected chi connectivity index (χ2v) is 8.35. The Hall–Kier alpha value is -2.55. The molecule has 3 rings (SSSR count). The largest absolute Gasteiger partial charge is 0.469 e. The smallest absolute Gasteiger partial charge is 0.342 e. The number of rotatable bonds is 6. The molecule has 1 atom stereocenters. The fourth-order valence-electron chi connectivity index (χ4n) is 2.90. The number of carbonyl (C=O) groups excluding carboxylic acids is 2. The lowest BCUT2D eigenvalue weighted by molar-refractivity contribution is -0.137. The van der Waals surface area contributed by atoms with Crippen molar-refractivity contribution in [2.75, 3.05) is 18.1 Å². The molecule has 8 nitrogen and oxygen atoms in total. The fraction of sp³-hybridized carbons (Fsp3) is 0.412. The Morgan fingerprint density at radius 1 is 1.27 bits per heavy atom. The van der Waals surface area contributed by atoms with E-state index in [1.807, 2.05) is 0 Å². The van der Waals surface area contributed by atoms with E-state index in [2.05, 4.69) is 0 Å². The first-order chi connectivity index (χ1) is 12.4. The van der Waals surface area contributed by atoms with E-state index in [0.717, 1.165) is 0 Å². The van der Waals surface area contributed by atoms with E-state index in [0.29, 0.717) is 17.9 Å². The average Bonchev–Trinajstić information content (AvgIpc) is 3.31. The van der Waals surface area contributed by atoms with Crippen LogP contribution in [0, 0.1) is 6.92 Å². The SMILES string of the molecule is Cc1occc1C(=O)OCC(=O)N(Cc1ccco1)[C@@H]1CCS(=O)(=O)C1. The van der Waals surface area contributed by atoms with Gasteiger partial charge in [-0.25, -0.2) is 13.2 Å². The van der Waals surface area contributed by atoms with Crippen molar-refractivity contribution in [2.45, 2.75) is 25.9 Å². The highest BCUT2D eigenvalue weighted by Gasteiger charge is 2.35. The molecule has 0 unspecified atom stereocenters. The Morgan fingerprint density at radius 3 is 2.65 bits per heavy atom. The maximum atomic E-state index is 12.6. The quantitative estimate of drug-likeness (QED) is 0.699. The Labute approximate surface area is 150 Å². The van der Waals surface area contributed by atoms with E-state index in [4.69, 9.17) is 13.6 Å². The second-order valence-electron chi connectivity index (χ2n) is 6.12. The number of esters is 1. The molecule has 2 aromatic heterocycles. The molecule has 0 saturated carbocycles. The predicted octanol–water partition coefficient (Wildman–Crippen LogP) is 1.55. The molecule has 1 aliphatic heterocycles. The highest BCUT2D eigenvalue weighted by molar-refractivity contribution is 7.91. The first-order valence-electron chi connectivity index (χ1n) is 8.09. The lowest BCUT2D eigenvalue weighted by Crippen LogP contribution is -2.42. The molecule has 0 N–H and O–H groups in total. The summed E-state index contributed by atoms with van der Waals surface area (Å²) in [6.07, 6.45) is 3.19. The number of nitrogens with zero attached hydrogens (tertiary/aromatic N) is 1. The standard InChI is InChI=1S/C17H19NO7S/c1-12-15(4-7-23-12)17(20)25-10-16(19)18(9-14-3-2-6-24-14)13-5-8-26(21,22)11-13/h2-4,6-7,13H,5,8-11H2,1H3/t13-/m1/s1. The number of amides is 1. The zero-order valence-electron chi connectivity index (χ0n) is 14.2. The maximum Gasteiger partial charge on any atom is 0.342 e. The fourth-order valence-corrected chi connectivity index (χ4v) is 4.63. The van der Waals surface area contributed by atoms with E-state index >= 15 is 0 Å². The van der Waals surface area contributed by atoms with Crippen LogP contribution in [-0.2, 0) is 25.9 Å². The van der Waals surface area contributed by atoms with E-state index in [1.54, 1.807) is 19.1 Å². The summed E-state index contributed by atoms with van der Waals surface area (Å²) < 4.78 is 38.9. The van der Waals surface area contributed by atoms with E-state index in [1.165, 1.54) is 23.5 Å². The van der Waals surface area contributed by atoms with Gasteiger partial charge in [-0.2, -0.15) is 0 Å². The van der Waals surface area contributed by atoms with Crippen molar-refractivity contribution in [3.05, 3.63) is 47.8 Å². The van der Waals surface area contributed by atoms with Crippen LogP contribution in [0.15, 0.2) is 39.6 Å². The summed E-state index contributed by atoms with van der Waals surface area (Å²) in [5.41, 5.74) is 0.249. The lowest BCUT2D eigenvalue weighted by Gasteiger charge is -2.27. The van der Waals surface area contributed by atoms with Crippen molar-refractivity contribution in [3.63, 3.8) is 0 Å². The van der Waals surface area contributed by atoms with Gasteiger partial charge in [0, 0.05) is 6.04 Å². The van der Waals surface area contributed by atoms with Crippen LogP contribution in [0.5, 0.6) is 0 Å². The van der Waals surface area contributed by atoms with Gasteiger partial charge < -0.3 is 18.5 Å². The third-order valence-corrected chi connectivity index (χ3v) is 6.03. The van der Waals surface area contributed by atoms with Crippen LogP contribution in [0.25, 0.3) is 0 Å². The van der Waals surface area contributed by atoms with Crippen molar-refractivity contribution in [1.29, 1.82) is 0 Å². The van der Waals surface area contributed by atoms with Crippen LogP contribution < -0.4 is 0 Å². The Morgan fingerprint density at radius 2 is 2.08 bits per heavy atom. The Bertz CT molecular complexity index is 882. The van der Waals surface area contributed by atoms with Gasteiger partial charge in [-0.15, -0.1) is 0 Å². The average molecular weight is 381 g/mol. The normalized spacial score (nSPS) is 18.6. The third-order valence-electron chi connectivity index (χ3n) is 4.28. The molecule has 0 radical (unpaired) electrons. The Kier molecular flexibility index (Phi) is 5.17. The molecule has 140 valence electrons. The maximum absolute atomic E-state index is 12.6. The minimum absolute atomic E-state index is 0.0353. The molecule has 1 amide bonds. The van der Waals surface area contributed by atoms with Gasteiger partial charge >= 0.3 is 5.97 Å². The summed E-state index contributed by atoms with van der Waals surface area (Å²) in [4.78, 5) is 26.0. The van der Waals surface area contributed by atoms with Crippen molar-refractivity contribution >= 4 is 21.7 Å². The summed E-state index contributed by atoms with van der Waals surface area (Å²) in [7, 11) is -3.17. The number of sulfone groups is 1. The first-order valence-corrected chi connectivity index (χ1v) is 9.91. The first kappa shape index (κ1) is 18.2. The molecule has 26 heavy (non-hydrogen) atoms. The van der Waals surface area contributed by atoms with Crippen molar-refractivity contribution in [1.82, 2.24) is 4.90 Å². The molecule has 0 spiro atoms. The highest BCUT2D eigenvalue weighted by Crippen LogP contribution is 2.21. The lowest BCUT2D eigenvalue weighted by atomic mass is 10.2. The Balaban J connectivity index is 1.68. The van der Waals surface area contributed by atoms with Crippen LogP contribution in [-0.4, -0.2) is 49.3 Å². The van der Waals surface area contributed by atoms with Crippen LogP contribution in [0.1, 0.15) is 28.3 Å². The van der Waals surface area contributed by atoms with Gasteiger partial charge in [0.05, 0.1) is 30.6 Å². The second kappa shape index (κ2) is 7.36. The monoisotopic (exact) mass is 381 g/mol. The van der Waals surface area contributed by atoms with Crippen LogP contribution in [0.4, 0.5) is 0 Å². The van der Waals surface area contributed by atoms with Crippen LogP contribution in [0.2, 0.25) is 0 Å². The van der Waals surface area contributed by atoms with Gasteiger partial charge in [-0.3, -0.25) is 4.79 Å². The van der Waals surface area contributed by atoms with Crippen LogP contribution >= 0.6 is 0 Å². The summed E-state index contributed by atoms with van der Waals surface area (Å²) in [6.45, 7) is 1.25. The van der Waals surface area contributed by atoms with Gasteiger partial charge in [-0.05, 0) is 31.5 Å². The number of carbonyl (C=O) groups is 2. The molecule has 1 saturated heterocycles. The minimum atomic E-state index is -3.17. The summed E-state index contributed by atoms with van der Waals surface area (Å²) in [5, 5.41) is 0. The minimum Gasteiger partial charge on any atom is -0.469 e. The highest BCUT2D eigenvalue weighted by atomic mass is 32.2. The molecule has 0 aromatic carbocycles. The topological polar surface area (TPSA) is 107 Å². The van der Waals surface area contributed by atoms with Gasteiger partial charge in [0.1, 0.15) is 17.1 Å². The number of hydrogen-bond acceptors (Lipinski definition) is 7. The van der Waals surface area contributed by atoms with E-state index < -0.39 is 34.4 Å². The van der Waals surface area contributed by atoms with E-state index in [-0.39, 0.29) is 23.6 Å². The molecule has 9 heteroatoms. The molecule has 1 aliphatic rings. The van der Waals surface area contributed by atoms with Gasteiger partial charge in [0.2, 0.25) is 0 Å². The van der Waals surface area contributed by atoms with Gasteiger partial charge in [0.15, 0.2) is 16.4 Å². The molecular weight excluding hydrogens is 362 g/mol. The molecular formula is C17H19NO7S. The number of hydrogen-bond donors (Lipinski definition) is 0. The van der Waals surface area contributed by atoms with E-state index in [9.17, 15) is 18.0 Å². The number of aryl methyl sites for hydroxylation is 1. The zero-order valence-corrected chi connectivity index (χ0v) is 15.0. The molecule has 2 aromatic rings. The third kappa shape index (κ3) is 4.16. The number of furan rings is 2. The summed E-state index contributed by atoms with van der Waals surface area (Å²) in [6, 6.07) is 4.38. The number of ether oxygens (including phenoxy) is 1. The van der Waals surface area contributed by atoms with Crippen molar-refractivity contribution in [2.24, 2.45) is 0 Å². The summed E-state index contributed by atoms with van der Waals surface area (Å²) >= 11 is 0. The molecule has 3 heterocycles. The van der Waals surface area contributed by atoms with Crippen LogP contribution in [0.3, 0.4) is 0 Å². The summed E-state index contributed by atoms with van der Waals surface area (Å²) in [5.74, 6) is -0.280.